The van der Waals surface area contributed by atoms with E-state index in [1.54, 1.807) is 20.3 Å². The number of hydrogen-bond donors (Lipinski definition) is 1. The van der Waals surface area contributed by atoms with Crippen molar-refractivity contribution in [1.82, 2.24) is 4.90 Å². The first-order valence-corrected chi connectivity index (χ1v) is 7.43. The lowest BCUT2D eigenvalue weighted by Crippen LogP contribution is -2.28. The number of carbonyl (C=O) groups is 1. The molecule has 6 heteroatoms. The fourth-order valence-corrected chi connectivity index (χ4v) is 2.82. The number of rotatable bonds is 10. The molecule has 0 unspecified atom stereocenters. The standard InChI is InChI=1S/C14H23NO4S/c1-11-12(9-13(20-11)14(16)17)10-15(6-8-19-3)5-4-7-18-2/h9H,4-8,10H2,1-3H3,(H,16,17). The van der Waals surface area contributed by atoms with E-state index in [4.69, 9.17) is 14.6 Å². The maximum absolute atomic E-state index is 11.0. The van der Waals surface area contributed by atoms with E-state index in [0.717, 1.165) is 43.1 Å². The molecule has 0 aromatic carbocycles. The molecule has 114 valence electrons. The molecule has 0 fully saturated rings. The van der Waals surface area contributed by atoms with Crippen molar-refractivity contribution in [3.05, 3.63) is 21.4 Å². The zero-order valence-corrected chi connectivity index (χ0v) is 13.2. The van der Waals surface area contributed by atoms with Gasteiger partial charge in [-0.1, -0.05) is 0 Å². The summed E-state index contributed by atoms with van der Waals surface area (Å²) in [5.41, 5.74) is 1.08. The molecule has 0 atom stereocenters. The summed E-state index contributed by atoms with van der Waals surface area (Å²) in [4.78, 5) is 14.7. The van der Waals surface area contributed by atoms with E-state index in [9.17, 15) is 4.79 Å². The second-order valence-corrected chi connectivity index (χ2v) is 5.87. The van der Waals surface area contributed by atoms with Gasteiger partial charge in [-0.25, -0.2) is 4.79 Å². The van der Waals surface area contributed by atoms with Gasteiger partial charge in [0.15, 0.2) is 0 Å². The van der Waals surface area contributed by atoms with Gasteiger partial charge in [-0.15, -0.1) is 11.3 Å². The normalized spacial score (nSPS) is 11.2. The lowest BCUT2D eigenvalue weighted by atomic mass is 10.2. The number of carboxylic acid groups (broad SMARTS) is 1. The van der Waals surface area contributed by atoms with Crippen LogP contribution in [0.2, 0.25) is 0 Å². The van der Waals surface area contributed by atoms with Crippen LogP contribution in [0.25, 0.3) is 0 Å². The molecule has 1 heterocycles. The third-order valence-electron chi connectivity index (χ3n) is 3.06. The Morgan fingerprint density at radius 1 is 1.30 bits per heavy atom. The Hall–Kier alpha value is -0.950. The van der Waals surface area contributed by atoms with Crippen LogP contribution < -0.4 is 0 Å². The highest BCUT2D eigenvalue weighted by Crippen LogP contribution is 2.23. The molecule has 1 aromatic rings. The van der Waals surface area contributed by atoms with Crippen LogP contribution in [-0.4, -0.2) is 56.5 Å². The molecule has 0 amide bonds. The summed E-state index contributed by atoms with van der Waals surface area (Å²) in [5.74, 6) is -0.854. The number of nitrogens with zero attached hydrogens (tertiary/aromatic N) is 1. The van der Waals surface area contributed by atoms with E-state index < -0.39 is 5.97 Å². The first kappa shape index (κ1) is 17.1. The second-order valence-electron chi connectivity index (χ2n) is 4.61. The Balaban J connectivity index is 2.64. The predicted molar refractivity (Wildman–Crippen MR) is 79.7 cm³/mol. The summed E-state index contributed by atoms with van der Waals surface area (Å²) in [6.07, 6.45) is 0.954. The number of carboxylic acids is 1. The number of aryl methyl sites for hydroxylation is 1. The molecule has 0 saturated heterocycles. The van der Waals surface area contributed by atoms with Gasteiger partial charge in [-0.3, -0.25) is 4.90 Å². The minimum Gasteiger partial charge on any atom is -0.477 e. The summed E-state index contributed by atoms with van der Waals surface area (Å²) < 4.78 is 10.2. The van der Waals surface area contributed by atoms with Crippen LogP contribution >= 0.6 is 11.3 Å². The van der Waals surface area contributed by atoms with Gasteiger partial charge in [0.25, 0.3) is 0 Å². The molecule has 0 radical (unpaired) electrons. The lowest BCUT2D eigenvalue weighted by Gasteiger charge is -2.21. The van der Waals surface area contributed by atoms with Crippen molar-refractivity contribution < 1.29 is 19.4 Å². The molecule has 1 N–H and O–H groups in total. The van der Waals surface area contributed by atoms with Gasteiger partial charge in [-0.2, -0.15) is 0 Å². The van der Waals surface area contributed by atoms with Gasteiger partial charge in [0.1, 0.15) is 4.88 Å². The summed E-state index contributed by atoms with van der Waals surface area (Å²) in [7, 11) is 3.38. The average Bonchev–Trinajstić information content (AvgIpc) is 2.77. The molecule has 0 aliphatic heterocycles. The number of thiophene rings is 1. The molecule has 0 aliphatic carbocycles. The van der Waals surface area contributed by atoms with E-state index in [0.29, 0.717) is 11.5 Å². The topological polar surface area (TPSA) is 59.0 Å². The van der Waals surface area contributed by atoms with Crippen LogP contribution in [0.1, 0.15) is 26.5 Å². The third-order valence-corrected chi connectivity index (χ3v) is 4.14. The number of aromatic carboxylic acids is 1. The summed E-state index contributed by atoms with van der Waals surface area (Å²) >= 11 is 1.33. The highest BCUT2D eigenvalue weighted by Gasteiger charge is 2.14. The predicted octanol–water partition coefficient (Wildman–Crippen LogP) is 2.24. The van der Waals surface area contributed by atoms with Crippen molar-refractivity contribution in [2.24, 2.45) is 0 Å². The zero-order chi connectivity index (χ0) is 15.0. The molecule has 20 heavy (non-hydrogen) atoms. The summed E-state index contributed by atoms with van der Waals surface area (Å²) in [6, 6.07) is 1.78. The summed E-state index contributed by atoms with van der Waals surface area (Å²) in [5, 5.41) is 9.03. The quantitative estimate of drug-likeness (QED) is 0.672. The molecule has 1 aromatic heterocycles. The lowest BCUT2D eigenvalue weighted by molar-refractivity contribution is 0.0702. The molecule has 0 aliphatic rings. The van der Waals surface area contributed by atoms with E-state index >= 15 is 0 Å². The molecular weight excluding hydrogens is 278 g/mol. The van der Waals surface area contributed by atoms with Gasteiger partial charge >= 0.3 is 5.97 Å². The average molecular weight is 301 g/mol. The largest absolute Gasteiger partial charge is 0.477 e. The second kappa shape index (κ2) is 9.07. The molecule has 5 nitrogen and oxygen atoms in total. The van der Waals surface area contributed by atoms with Gasteiger partial charge < -0.3 is 14.6 Å². The zero-order valence-electron chi connectivity index (χ0n) is 12.3. The first-order valence-electron chi connectivity index (χ1n) is 6.61. The Morgan fingerprint density at radius 2 is 2.00 bits per heavy atom. The van der Waals surface area contributed by atoms with E-state index in [-0.39, 0.29) is 0 Å². The van der Waals surface area contributed by atoms with Crippen molar-refractivity contribution in [1.29, 1.82) is 0 Å². The highest BCUT2D eigenvalue weighted by molar-refractivity contribution is 7.14. The smallest absolute Gasteiger partial charge is 0.345 e. The van der Waals surface area contributed by atoms with Crippen LogP contribution in [0.5, 0.6) is 0 Å². The van der Waals surface area contributed by atoms with Crippen LogP contribution in [-0.2, 0) is 16.0 Å². The minimum absolute atomic E-state index is 0.404. The van der Waals surface area contributed by atoms with Crippen molar-refractivity contribution in [3.63, 3.8) is 0 Å². The molecular formula is C14H23NO4S. The Bertz CT molecular complexity index is 419. The molecule has 1 rings (SSSR count). The maximum atomic E-state index is 11.0. The Morgan fingerprint density at radius 3 is 2.55 bits per heavy atom. The van der Waals surface area contributed by atoms with Gasteiger partial charge in [0.2, 0.25) is 0 Å². The Kier molecular flexibility index (Phi) is 7.76. The fourth-order valence-electron chi connectivity index (χ4n) is 1.95. The van der Waals surface area contributed by atoms with Crippen LogP contribution in [0.15, 0.2) is 6.07 Å². The SMILES string of the molecule is COCCCN(CCOC)Cc1cc(C(=O)O)sc1C. The first-order chi connectivity index (χ1) is 9.58. The molecule has 0 saturated carbocycles. The minimum atomic E-state index is -0.854. The molecule has 0 bridgehead atoms. The monoisotopic (exact) mass is 301 g/mol. The number of methoxy groups -OCH3 is 2. The van der Waals surface area contributed by atoms with Crippen molar-refractivity contribution >= 4 is 17.3 Å². The van der Waals surface area contributed by atoms with E-state index in [2.05, 4.69) is 4.90 Å². The van der Waals surface area contributed by atoms with Gasteiger partial charge in [0.05, 0.1) is 6.61 Å². The van der Waals surface area contributed by atoms with E-state index in [1.807, 2.05) is 6.92 Å². The molecule has 0 spiro atoms. The Labute approximate surface area is 124 Å². The summed E-state index contributed by atoms with van der Waals surface area (Å²) in [6.45, 7) is 5.86. The van der Waals surface area contributed by atoms with Crippen molar-refractivity contribution in [2.45, 2.75) is 19.9 Å². The van der Waals surface area contributed by atoms with Crippen molar-refractivity contribution in [3.8, 4) is 0 Å². The maximum Gasteiger partial charge on any atom is 0.345 e. The fraction of sp³-hybridized carbons (Fsp3) is 0.643. The van der Waals surface area contributed by atoms with Gasteiger partial charge in [0, 0.05) is 45.3 Å². The van der Waals surface area contributed by atoms with E-state index in [1.165, 1.54) is 11.3 Å². The number of ether oxygens (including phenoxy) is 2. The van der Waals surface area contributed by atoms with Crippen LogP contribution in [0.4, 0.5) is 0 Å². The third kappa shape index (κ3) is 5.58. The highest BCUT2D eigenvalue weighted by atomic mass is 32.1. The number of hydrogen-bond acceptors (Lipinski definition) is 5. The van der Waals surface area contributed by atoms with Gasteiger partial charge in [-0.05, 0) is 25.0 Å². The van der Waals surface area contributed by atoms with Crippen LogP contribution in [0, 0.1) is 6.92 Å². The van der Waals surface area contributed by atoms with Crippen LogP contribution in [0.3, 0.4) is 0 Å². The van der Waals surface area contributed by atoms with Crippen molar-refractivity contribution in [2.75, 3.05) is 40.5 Å².